The van der Waals surface area contributed by atoms with E-state index in [1.807, 2.05) is 24.3 Å². The van der Waals surface area contributed by atoms with E-state index in [1.54, 1.807) is 6.92 Å². The Bertz CT molecular complexity index is 593. The van der Waals surface area contributed by atoms with Gasteiger partial charge in [-0.05, 0) is 58.7 Å². The molecule has 0 fully saturated rings. The molecule has 0 spiro atoms. The summed E-state index contributed by atoms with van der Waals surface area (Å²) >= 11 is 4.87. The van der Waals surface area contributed by atoms with Gasteiger partial charge in [-0.1, -0.05) is 23.9 Å². The molecule has 0 radical (unpaired) electrons. The fourth-order valence-electron chi connectivity index (χ4n) is 1.59. The largest absolute Gasteiger partial charge is 0.416 e. The standard InChI is InChI=1S/C14H10BrF3S/c1-9-8-10(14(16,17)18)6-7-12(9)19-13-5-3-2-4-11(13)15/h2-8H,1H3. The van der Waals surface area contributed by atoms with Crippen molar-refractivity contribution >= 4 is 27.7 Å². The molecule has 0 bridgehead atoms. The lowest BCUT2D eigenvalue weighted by Crippen LogP contribution is -2.05. The Balaban J connectivity index is 2.30. The molecule has 2 aromatic carbocycles. The van der Waals surface area contributed by atoms with E-state index in [0.717, 1.165) is 20.3 Å². The molecule has 2 rings (SSSR count). The first-order valence-corrected chi connectivity index (χ1v) is 7.09. The highest BCUT2D eigenvalue weighted by Crippen LogP contribution is 2.37. The van der Waals surface area contributed by atoms with Gasteiger partial charge in [-0.2, -0.15) is 13.2 Å². The topological polar surface area (TPSA) is 0 Å². The molecule has 0 aliphatic heterocycles. The fraction of sp³-hybridized carbons (Fsp3) is 0.143. The summed E-state index contributed by atoms with van der Waals surface area (Å²) in [5.41, 5.74) is 0.0112. The Morgan fingerprint density at radius 3 is 2.26 bits per heavy atom. The van der Waals surface area contributed by atoms with E-state index in [4.69, 9.17) is 0 Å². The molecule has 0 saturated heterocycles. The van der Waals surface area contributed by atoms with Crippen LogP contribution >= 0.6 is 27.7 Å². The van der Waals surface area contributed by atoms with Crippen molar-refractivity contribution in [3.63, 3.8) is 0 Å². The van der Waals surface area contributed by atoms with Crippen LogP contribution in [0.2, 0.25) is 0 Å². The molecule has 100 valence electrons. The predicted molar refractivity (Wildman–Crippen MR) is 74.4 cm³/mol. The lowest BCUT2D eigenvalue weighted by molar-refractivity contribution is -0.137. The van der Waals surface area contributed by atoms with Crippen LogP contribution in [0.3, 0.4) is 0 Å². The highest BCUT2D eigenvalue weighted by atomic mass is 79.9. The predicted octanol–water partition coefficient (Wildman–Crippen LogP) is 5.93. The van der Waals surface area contributed by atoms with Gasteiger partial charge < -0.3 is 0 Å². The maximum atomic E-state index is 12.6. The second-order valence-corrected chi connectivity index (χ2v) is 5.95. The van der Waals surface area contributed by atoms with Gasteiger partial charge in [-0.25, -0.2) is 0 Å². The summed E-state index contributed by atoms with van der Waals surface area (Å²) < 4.78 is 38.7. The zero-order valence-electron chi connectivity index (χ0n) is 9.96. The van der Waals surface area contributed by atoms with E-state index in [1.165, 1.54) is 23.9 Å². The van der Waals surface area contributed by atoms with Gasteiger partial charge in [-0.15, -0.1) is 0 Å². The van der Waals surface area contributed by atoms with Gasteiger partial charge in [-0.3, -0.25) is 0 Å². The summed E-state index contributed by atoms with van der Waals surface area (Å²) in [5.74, 6) is 0. The van der Waals surface area contributed by atoms with Crippen LogP contribution in [-0.2, 0) is 6.18 Å². The number of rotatable bonds is 2. The molecule has 2 aromatic rings. The van der Waals surface area contributed by atoms with Crippen LogP contribution in [0.4, 0.5) is 13.2 Å². The second kappa shape index (κ2) is 5.59. The van der Waals surface area contributed by atoms with E-state index < -0.39 is 11.7 Å². The summed E-state index contributed by atoms with van der Waals surface area (Å²) in [4.78, 5) is 1.80. The van der Waals surface area contributed by atoms with Crippen molar-refractivity contribution in [3.05, 3.63) is 58.1 Å². The number of halogens is 4. The van der Waals surface area contributed by atoms with Crippen LogP contribution in [0, 0.1) is 6.92 Å². The van der Waals surface area contributed by atoms with Crippen LogP contribution in [0.15, 0.2) is 56.7 Å². The minimum absolute atomic E-state index is 0.610. The fourth-order valence-corrected chi connectivity index (χ4v) is 3.02. The molecule has 0 heterocycles. The summed E-state index contributed by atoms with van der Waals surface area (Å²) in [5, 5.41) is 0. The van der Waals surface area contributed by atoms with Crippen molar-refractivity contribution in [2.75, 3.05) is 0 Å². The Labute approximate surface area is 122 Å². The number of hydrogen-bond acceptors (Lipinski definition) is 1. The molecule has 0 unspecified atom stereocenters. The van der Waals surface area contributed by atoms with Gasteiger partial charge in [0.15, 0.2) is 0 Å². The molecular formula is C14H10BrF3S. The zero-order valence-corrected chi connectivity index (χ0v) is 12.4. The summed E-state index contributed by atoms with van der Waals surface area (Å²) in [6, 6.07) is 11.4. The quantitative estimate of drug-likeness (QED) is 0.649. The van der Waals surface area contributed by atoms with Gasteiger partial charge in [0.05, 0.1) is 5.56 Å². The number of hydrogen-bond donors (Lipinski definition) is 0. The summed E-state index contributed by atoms with van der Waals surface area (Å²) in [6.45, 7) is 1.69. The van der Waals surface area contributed by atoms with E-state index in [9.17, 15) is 13.2 Å². The maximum absolute atomic E-state index is 12.6. The van der Waals surface area contributed by atoms with Gasteiger partial charge >= 0.3 is 6.18 Å². The SMILES string of the molecule is Cc1cc(C(F)(F)F)ccc1Sc1ccccc1Br. The zero-order chi connectivity index (χ0) is 14.0. The Morgan fingerprint density at radius 1 is 1.00 bits per heavy atom. The first kappa shape index (κ1) is 14.5. The molecule has 0 amide bonds. The van der Waals surface area contributed by atoms with Crippen molar-refractivity contribution in [2.24, 2.45) is 0 Å². The van der Waals surface area contributed by atoms with Crippen LogP contribution in [0.25, 0.3) is 0 Å². The van der Waals surface area contributed by atoms with Gasteiger partial charge in [0.25, 0.3) is 0 Å². The third-order valence-corrected chi connectivity index (χ3v) is 4.77. The highest BCUT2D eigenvalue weighted by molar-refractivity contribution is 9.10. The molecular weight excluding hydrogens is 337 g/mol. The van der Waals surface area contributed by atoms with Crippen LogP contribution in [0.1, 0.15) is 11.1 Å². The molecule has 19 heavy (non-hydrogen) atoms. The lowest BCUT2D eigenvalue weighted by Gasteiger charge is -2.11. The Morgan fingerprint density at radius 2 is 1.68 bits per heavy atom. The molecule has 0 saturated carbocycles. The number of alkyl halides is 3. The van der Waals surface area contributed by atoms with E-state index in [2.05, 4.69) is 15.9 Å². The molecule has 0 N–H and O–H groups in total. The van der Waals surface area contributed by atoms with E-state index >= 15 is 0 Å². The molecule has 0 aromatic heterocycles. The van der Waals surface area contributed by atoms with Crippen LogP contribution < -0.4 is 0 Å². The number of benzene rings is 2. The van der Waals surface area contributed by atoms with Crippen LogP contribution in [-0.4, -0.2) is 0 Å². The van der Waals surface area contributed by atoms with E-state index in [-0.39, 0.29) is 0 Å². The summed E-state index contributed by atoms with van der Waals surface area (Å²) in [6.07, 6.45) is -4.29. The average Bonchev–Trinajstić information content (AvgIpc) is 2.33. The minimum Gasteiger partial charge on any atom is -0.166 e. The first-order valence-electron chi connectivity index (χ1n) is 5.48. The first-order chi connectivity index (χ1) is 8.88. The Kier molecular flexibility index (Phi) is 4.26. The van der Waals surface area contributed by atoms with E-state index in [0.29, 0.717) is 5.56 Å². The molecule has 0 nitrogen and oxygen atoms in total. The minimum atomic E-state index is -4.29. The third-order valence-electron chi connectivity index (χ3n) is 2.56. The normalized spacial score (nSPS) is 11.6. The van der Waals surface area contributed by atoms with Gasteiger partial charge in [0.2, 0.25) is 0 Å². The highest BCUT2D eigenvalue weighted by Gasteiger charge is 2.30. The molecule has 0 aliphatic carbocycles. The van der Waals surface area contributed by atoms with Crippen molar-refractivity contribution in [1.82, 2.24) is 0 Å². The van der Waals surface area contributed by atoms with Crippen molar-refractivity contribution in [1.29, 1.82) is 0 Å². The Hall–Kier alpha value is -0.940. The van der Waals surface area contributed by atoms with Crippen molar-refractivity contribution in [3.8, 4) is 0 Å². The van der Waals surface area contributed by atoms with Crippen molar-refractivity contribution < 1.29 is 13.2 Å². The van der Waals surface area contributed by atoms with Crippen molar-refractivity contribution in [2.45, 2.75) is 22.9 Å². The van der Waals surface area contributed by atoms with Crippen LogP contribution in [0.5, 0.6) is 0 Å². The van der Waals surface area contributed by atoms with Gasteiger partial charge in [0.1, 0.15) is 0 Å². The smallest absolute Gasteiger partial charge is 0.166 e. The molecule has 5 heteroatoms. The lowest BCUT2D eigenvalue weighted by atomic mass is 10.1. The van der Waals surface area contributed by atoms with Gasteiger partial charge in [0, 0.05) is 14.3 Å². The average molecular weight is 347 g/mol. The summed E-state index contributed by atoms with van der Waals surface area (Å²) in [7, 11) is 0. The number of aryl methyl sites for hydroxylation is 1. The molecule has 0 aliphatic rings. The maximum Gasteiger partial charge on any atom is 0.416 e. The second-order valence-electron chi connectivity index (χ2n) is 4.01. The third kappa shape index (κ3) is 3.54. The monoisotopic (exact) mass is 346 g/mol. The molecule has 0 atom stereocenters.